The molecule has 5 heterocycles. The van der Waals surface area contributed by atoms with E-state index in [0.29, 0.717) is 66.8 Å². The number of piperidine rings is 1. The molecule has 44 heavy (non-hydrogen) atoms. The normalized spacial score (nSPS) is 16.9. The summed E-state index contributed by atoms with van der Waals surface area (Å²) >= 11 is 0. The van der Waals surface area contributed by atoms with Crippen LogP contribution in [0.4, 0.5) is 11.5 Å². The van der Waals surface area contributed by atoms with E-state index in [1.165, 1.54) is 6.33 Å². The third-order valence-electron chi connectivity index (χ3n) is 7.56. The Morgan fingerprint density at radius 3 is 2.68 bits per heavy atom. The molecule has 6 rings (SSSR count). The molecular weight excluding hydrogens is 560 g/mol. The number of likely N-dealkylation sites (tertiary alicyclic amines) is 1. The van der Waals surface area contributed by atoms with Crippen molar-refractivity contribution in [1.82, 2.24) is 30.2 Å². The highest BCUT2D eigenvalue weighted by molar-refractivity contribution is 6.03. The van der Waals surface area contributed by atoms with Gasteiger partial charge in [-0.3, -0.25) is 19.5 Å². The largest absolute Gasteiger partial charge is 0.505 e. The van der Waals surface area contributed by atoms with Crippen LogP contribution >= 0.6 is 0 Å². The number of H-pyrrole nitrogens is 1. The number of nitrogens with zero attached hydrogens (tertiary/aromatic N) is 5. The zero-order chi connectivity index (χ0) is 30.9. The third kappa shape index (κ3) is 7.21. The van der Waals surface area contributed by atoms with Gasteiger partial charge in [-0.25, -0.2) is 9.97 Å². The number of hydrogen-bond acceptors (Lipinski definition) is 9. The van der Waals surface area contributed by atoms with Gasteiger partial charge in [0.1, 0.15) is 28.9 Å². The number of pyridine rings is 1. The molecule has 0 spiro atoms. The van der Waals surface area contributed by atoms with Gasteiger partial charge in [-0.1, -0.05) is 18.2 Å². The first-order valence-corrected chi connectivity index (χ1v) is 14.7. The number of ether oxygens (including phenoxy) is 1. The van der Waals surface area contributed by atoms with Crippen molar-refractivity contribution in [1.29, 1.82) is 0 Å². The van der Waals surface area contributed by atoms with E-state index in [-0.39, 0.29) is 17.7 Å². The smallest absolute Gasteiger partial charge is 0.274 e. The molecule has 12 heteroatoms. The van der Waals surface area contributed by atoms with Gasteiger partial charge in [0.2, 0.25) is 6.41 Å². The van der Waals surface area contributed by atoms with E-state index in [1.807, 2.05) is 25.1 Å². The van der Waals surface area contributed by atoms with Crippen LogP contribution < -0.4 is 15.5 Å². The first kappa shape index (κ1) is 30.6. The second kappa shape index (κ2) is 14.6. The number of carbonyl (C=O) groups is 2. The number of hydrogen-bond donors (Lipinski definition) is 4. The van der Waals surface area contributed by atoms with Gasteiger partial charge in [0, 0.05) is 49.7 Å². The quantitative estimate of drug-likeness (QED) is 0.176. The monoisotopic (exact) mass is 598 g/mol. The lowest BCUT2D eigenvalue weighted by Gasteiger charge is -2.32. The van der Waals surface area contributed by atoms with Crippen molar-refractivity contribution in [3.05, 3.63) is 72.8 Å². The Hall–Kier alpha value is -4.81. The fourth-order valence-corrected chi connectivity index (χ4v) is 5.52. The number of morpholine rings is 1. The van der Waals surface area contributed by atoms with Crippen molar-refractivity contribution in [3.8, 4) is 17.0 Å². The molecule has 12 nitrogen and oxygen atoms in total. The summed E-state index contributed by atoms with van der Waals surface area (Å²) in [6, 6.07) is 11.1. The van der Waals surface area contributed by atoms with Crippen LogP contribution in [0.15, 0.2) is 61.6 Å². The van der Waals surface area contributed by atoms with Gasteiger partial charge in [0.05, 0.1) is 18.9 Å². The average Bonchev–Trinajstić information content (AvgIpc) is 3.39. The van der Waals surface area contributed by atoms with Crippen molar-refractivity contribution >= 4 is 34.9 Å². The summed E-state index contributed by atoms with van der Waals surface area (Å²) in [6.07, 6.45) is 7.63. The van der Waals surface area contributed by atoms with E-state index in [0.717, 1.165) is 43.5 Å². The predicted octanol–water partition coefficient (Wildman–Crippen LogP) is 3.72. The van der Waals surface area contributed by atoms with E-state index in [1.54, 1.807) is 30.5 Å². The zero-order valence-electron chi connectivity index (χ0n) is 24.8. The van der Waals surface area contributed by atoms with Gasteiger partial charge in [0.15, 0.2) is 5.75 Å². The molecule has 2 fully saturated rings. The molecule has 4 aromatic rings. The Bertz CT molecular complexity index is 1580. The SMILES string of the molecule is C=CC.O=CNC1CCCN(Cc2ccnc(C(=O)Nc3ccc(-c4[nH]c5ncnc(N6CCOCC6)c5c4O)cc3)c2)C1. The number of aromatic amines is 1. The van der Waals surface area contributed by atoms with Crippen LogP contribution in [0.1, 0.15) is 35.8 Å². The molecule has 0 radical (unpaired) electrons. The second-order valence-electron chi connectivity index (χ2n) is 10.7. The van der Waals surface area contributed by atoms with Gasteiger partial charge >= 0.3 is 0 Å². The van der Waals surface area contributed by atoms with Crippen LogP contribution in [0.3, 0.4) is 0 Å². The average molecular weight is 599 g/mol. The van der Waals surface area contributed by atoms with Crippen molar-refractivity contribution in [2.24, 2.45) is 0 Å². The number of anilines is 2. The molecule has 2 aliphatic rings. The number of carbonyl (C=O) groups excluding carboxylic acids is 2. The van der Waals surface area contributed by atoms with Crippen molar-refractivity contribution < 1.29 is 19.4 Å². The summed E-state index contributed by atoms with van der Waals surface area (Å²) < 4.78 is 5.45. The van der Waals surface area contributed by atoms with Gasteiger partial charge < -0.3 is 30.4 Å². The van der Waals surface area contributed by atoms with Crippen molar-refractivity contribution in [2.75, 3.05) is 49.6 Å². The number of rotatable bonds is 8. The molecule has 3 aromatic heterocycles. The maximum atomic E-state index is 13.0. The number of aromatic nitrogens is 4. The Morgan fingerprint density at radius 1 is 1.16 bits per heavy atom. The molecule has 230 valence electrons. The number of fused-ring (bicyclic) bond motifs is 1. The Morgan fingerprint density at radius 2 is 1.93 bits per heavy atom. The summed E-state index contributed by atoms with van der Waals surface area (Å²) in [4.78, 5) is 44.4. The van der Waals surface area contributed by atoms with E-state index in [4.69, 9.17) is 4.74 Å². The Labute approximate surface area is 256 Å². The number of amides is 2. The third-order valence-corrected chi connectivity index (χ3v) is 7.56. The number of aromatic hydroxyl groups is 1. The molecule has 0 saturated carbocycles. The van der Waals surface area contributed by atoms with Crippen LogP contribution in [0, 0.1) is 0 Å². The van der Waals surface area contributed by atoms with Crippen LogP contribution in [0.2, 0.25) is 0 Å². The first-order valence-electron chi connectivity index (χ1n) is 14.7. The van der Waals surface area contributed by atoms with Crippen LogP contribution in [-0.2, 0) is 16.1 Å². The lowest BCUT2D eigenvalue weighted by Crippen LogP contribution is -2.44. The molecule has 2 aliphatic heterocycles. The summed E-state index contributed by atoms with van der Waals surface area (Å²) in [7, 11) is 0. The second-order valence-corrected chi connectivity index (χ2v) is 10.7. The molecule has 1 aromatic carbocycles. The molecule has 4 N–H and O–H groups in total. The Balaban J connectivity index is 0.00000123. The minimum atomic E-state index is -0.308. The van der Waals surface area contributed by atoms with Gasteiger partial charge in [0.25, 0.3) is 5.91 Å². The van der Waals surface area contributed by atoms with Gasteiger partial charge in [-0.15, -0.1) is 6.58 Å². The summed E-state index contributed by atoms with van der Waals surface area (Å²) in [5, 5.41) is 17.5. The standard InChI is InChI=1S/C29H32N8O4.C3H6/c38-18-33-22-2-1-9-36(16-22)15-19-7-8-30-23(14-19)29(40)34-21-5-3-20(4-6-21)25-26(39)24-27(35-25)31-17-32-28(24)37-10-12-41-13-11-37;1-3-2/h3-8,14,17-18,22,39H,1-2,9-13,15-16H2,(H,33,38)(H,34,40)(H,31,32,35);3H,1H2,2H3. The predicted molar refractivity (Wildman–Crippen MR) is 170 cm³/mol. The van der Waals surface area contributed by atoms with Crippen molar-refractivity contribution in [2.45, 2.75) is 32.4 Å². The van der Waals surface area contributed by atoms with E-state index in [2.05, 4.69) is 46.9 Å². The lowest BCUT2D eigenvalue weighted by molar-refractivity contribution is -0.110. The van der Waals surface area contributed by atoms with Gasteiger partial charge in [-0.2, -0.15) is 0 Å². The van der Waals surface area contributed by atoms with E-state index >= 15 is 0 Å². The first-order chi connectivity index (χ1) is 21.5. The number of allylic oxidation sites excluding steroid dienone is 1. The summed E-state index contributed by atoms with van der Waals surface area (Å²) in [5.74, 6) is 0.453. The lowest BCUT2D eigenvalue weighted by atomic mass is 10.1. The minimum Gasteiger partial charge on any atom is -0.505 e. The van der Waals surface area contributed by atoms with Crippen LogP contribution in [0.25, 0.3) is 22.3 Å². The zero-order valence-corrected chi connectivity index (χ0v) is 24.8. The molecule has 2 amide bonds. The van der Waals surface area contributed by atoms with E-state index in [9.17, 15) is 14.7 Å². The molecule has 1 unspecified atom stereocenters. The van der Waals surface area contributed by atoms with Crippen LogP contribution in [0.5, 0.6) is 5.75 Å². The number of nitrogens with one attached hydrogen (secondary N) is 3. The molecule has 1 atom stereocenters. The highest BCUT2D eigenvalue weighted by atomic mass is 16.5. The Kier molecular flexibility index (Phi) is 10.2. The maximum Gasteiger partial charge on any atom is 0.274 e. The van der Waals surface area contributed by atoms with Gasteiger partial charge in [-0.05, 0) is 56.1 Å². The molecular formula is C32H38N8O4. The summed E-state index contributed by atoms with van der Waals surface area (Å²) in [6.45, 7) is 10.2. The maximum absolute atomic E-state index is 13.0. The molecule has 0 bridgehead atoms. The fraction of sp³-hybridized carbons (Fsp3) is 0.344. The molecule has 0 aliphatic carbocycles. The topological polar surface area (TPSA) is 149 Å². The summed E-state index contributed by atoms with van der Waals surface area (Å²) in [5.41, 5.74) is 3.75. The van der Waals surface area contributed by atoms with Crippen LogP contribution in [-0.4, -0.2) is 87.7 Å². The van der Waals surface area contributed by atoms with Crippen molar-refractivity contribution in [3.63, 3.8) is 0 Å². The minimum absolute atomic E-state index is 0.0851. The fourth-order valence-electron chi connectivity index (χ4n) is 5.52. The highest BCUT2D eigenvalue weighted by Gasteiger charge is 2.23. The highest BCUT2D eigenvalue weighted by Crippen LogP contribution is 2.39. The molecule has 2 saturated heterocycles. The van der Waals surface area contributed by atoms with E-state index < -0.39 is 0 Å². The number of benzene rings is 1.